The van der Waals surface area contributed by atoms with E-state index in [1.54, 1.807) is 0 Å². The average Bonchev–Trinajstić information content (AvgIpc) is 2.65. The third kappa shape index (κ3) is 6.71. The fourth-order valence-electron chi connectivity index (χ4n) is 3.07. The topological polar surface area (TPSA) is 0 Å². The molecule has 0 heterocycles. The van der Waals surface area contributed by atoms with Gasteiger partial charge < -0.3 is 39.7 Å². The molecule has 0 spiro atoms. The smallest absolute Gasteiger partial charge is 1.00 e. The maximum atomic E-state index is 3.85. The van der Waals surface area contributed by atoms with Crippen molar-refractivity contribution in [2.45, 2.75) is 13.3 Å². The number of allylic oxidation sites excluding steroid dienone is 1. The third-order valence-corrected chi connectivity index (χ3v) is 8.38. The molecule has 0 unspecified atom stereocenters. The van der Waals surface area contributed by atoms with Gasteiger partial charge in [0.1, 0.15) is 0 Å². The van der Waals surface area contributed by atoms with Gasteiger partial charge >= 0.3 is 40.1 Å². The van der Waals surface area contributed by atoms with Crippen LogP contribution < -0.4 is 49.5 Å². The first-order chi connectivity index (χ1) is 11.4. The minimum atomic E-state index is -2.25. The van der Waals surface area contributed by atoms with Crippen molar-refractivity contribution >= 4 is 46.7 Å². The molecule has 0 aromatic heterocycles. The summed E-state index contributed by atoms with van der Waals surface area (Å²) < 4.78 is 0. The number of hydrogen-bond donors (Lipinski definition) is 0. The quantitative estimate of drug-likeness (QED) is 0.178. The predicted octanol–water partition coefficient (Wildman–Crippen LogP) is -2.91. The summed E-state index contributed by atoms with van der Waals surface area (Å²) in [5, 5.41) is 4.13. The van der Waals surface area contributed by atoms with Crippen LogP contribution >= 0.6 is 0 Å². The van der Waals surface area contributed by atoms with Crippen LogP contribution in [0.15, 0.2) is 97.1 Å². The molecule has 3 aromatic rings. The van der Waals surface area contributed by atoms with Gasteiger partial charge in [0, 0.05) is 8.07 Å². The first-order valence-electron chi connectivity index (χ1n) is 8.14. The first kappa shape index (κ1) is 29.1. The first-order valence-corrected chi connectivity index (χ1v) is 10.1. The van der Waals surface area contributed by atoms with Crippen molar-refractivity contribution in [1.82, 2.24) is 0 Å². The zero-order valence-corrected chi connectivity index (χ0v) is 21.7. The summed E-state index contributed by atoms with van der Waals surface area (Å²) in [6.07, 6.45) is 3.21. The van der Waals surface area contributed by atoms with E-state index in [2.05, 4.69) is 110 Å². The Morgan fingerprint density at radius 1 is 0.667 bits per heavy atom. The van der Waals surface area contributed by atoms with Crippen molar-refractivity contribution in [2.24, 2.45) is 0 Å². The summed E-state index contributed by atoms with van der Waals surface area (Å²) in [6, 6.07) is 32.6. The van der Waals surface area contributed by atoms with Crippen LogP contribution in [0.25, 0.3) is 0 Å². The van der Waals surface area contributed by atoms with Crippen LogP contribution in [0.3, 0.4) is 0 Å². The minimum absolute atomic E-state index is 0. The van der Waals surface area contributed by atoms with Gasteiger partial charge in [-0.3, -0.25) is 6.08 Å². The summed E-state index contributed by atoms with van der Waals surface area (Å²) in [4.78, 5) is 0. The number of hydrogen-bond acceptors (Lipinski definition) is 0. The molecule has 5 heteroatoms. The SMILES string of the molecule is CCC=[C-][Si](c1ccccc1)(c1ccccc1)c1ccccc1.[Br-].[Br-].[Cu+].[Mg+2]. The Bertz CT molecular complexity index is 671. The van der Waals surface area contributed by atoms with E-state index in [1.807, 2.05) is 0 Å². The third-order valence-electron chi connectivity index (χ3n) is 4.14. The zero-order valence-electron chi connectivity index (χ0n) is 15.2. The maximum Gasteiger partial charge on any atom is 2.00 e. The second kappa shape index (κ2) is 14.8. The van der Waals surface area contributed by atoms with E-state index in [1.165, 1.54) is 15.6 Å². The van der Waals surface area contributed by atoms with Crippen LogP contribution in [0.4, 0.5) is 0 Å². The number of benzene rings is 3. The van der Waals surface area contributed by atoms with Crippen LogP contribution in [0.2, 0.25) is 0 Å². The van der Waals surface area contributed by atoms with Gasteiger partial charge in [-0.2, -0.15) is 0 Å². The molecule has 0 fully saturated rings. The van der Waals surface area contributed by atoms with Crippen LogP contribution in [0, 0.1) is 5.70 Å². The molecular weight excluding hydrogens is 540 g/mol. The second-order valence-corrected chi connectivity index (χ2v) is 9.13. The van der Waals surface area contributed by atoms with Crippen LogP contribution in [-0.4, -0.2) is 31.1 Å². The van der Waals surface area contributed by atoms with E-state index < -0.39 is 8.07 Å². The Labute approximate surface area is 212 Å². The van der Waals surface area contributed by atoms with Crippen molar-refractivity contribution in [3.63, 3.8) is 0 Å². The van der Waals surface area contributed by atoms with Gasteiger partial charge in [-0.1, -0.05) is 120 Å². The average molecular weight is 561 g/mol. The van der Waals surface area contributed by atoms with Gasteiger partial charge in [0.05, 0.1) is 0 Å². The molecule has 140 valence electrons. The summed E-state index contributed by atoms with van der Waals surface area (Å²) in [6.45, 7) is 2.17. The zero-order chi connectivity index (χ0) is 16.0. The summed E-state index contributed by atoms with van der Waals surface area (Å²) >= 11 is 0. The summed E-state index contributed by atoms with van der Waals surface area (Å²) in [5.74, 6) is 0. The van der Waals surface area contributed by atoms with Gasteiger partial charge in [-0.05, 0) is 0 Å². The van der Waals surface area contributed by atoms with E-state index in [-0.39, 0.29) is 74.1 Å². The van der Waals surface area contributed by atoms with Crippen molar-refractivity contribution < 1.29 is 51.0 Å². The van der Waals surface area contributed by atoms with Gasteiger partial charge in [0.2, 0.25) is 0 Å². The van der Waals surface area contributed by atoms with Crippen molar-refractivity contribution in [3.8, 4) is 0 Å². The van der Waals surface area contributed by atoms with Crippen LogP contribution in [0.1, 0.15) is 13.3 Å². The molecule has 0 N–H and O–H groups in total. The van der Waals surface area contributed by atoms with E-state index in [0.717, 1.165) is 6.42 Å². The van der Waals surface area contributed by atoms with E-state index >= 15 is 0 Å². The predicted molar refractivity (Wildman–Crippen MR) is 108 cm³/mol. The minimum Gasteiger partial charge on any atom is -1.00 e. The molecule has 0 aliphatic carbocycles. The molecule has 27 heavy (non-hydrogen) atoms. The Hall–Kier alpha value is -0.137. The number of halogens is 2. The normalized spacial score (nSPS) is 9.96. The molecule has 3 aromatic carbocycles. The fourth-order valence-corrected chi connectivity index (χ4v) is 7.16. The van der Waals surface area contributed by atoms with E-state index in [9.17, 15) is 0 Å². The Balaban J connectivity index is 0. The van der Waals surface area contributed by atoms with Gasteiger partial charge in [-0.25, -0.2) is 0 Å². The molecule has 0 aliphatic rings. The Morgan fingerprint density at radius 2 is 0.963 bits per heavy atom. The standard InChI is InChI=1S/C22H21Si.2BrH.Cu.Mg/c1-2-3-19-23(20-13-7-4-8-14-20,21-15-9-5-10-16-21)22-17-11-6-12-18-22;;;;/h3-18H,2H2,1H3;2*1H;;/q-1;;;+1;+2/p-2. The van der Waals surface area contributed by atoms with E-state index in [0.29, 0.717) is 0 Å². The Morgan fingerprint density at radius 3 is 1.22 bits per heavy atom. The van der Waals surface area contributed by atoms with Crippen LogP contribution in [-0.2, 0) is 17.1 Å². The molecule has 0 radical (unpaired) electrons. The molecule has 3 rings (SSSR count). The Kier molecular flexibility index (Phi) is 15.9. The molecule has 0 saturated carbocycles. The van der Waals surface area contributed by atoms with Crippen molar-refractivity contribution in [1.29, 1.82) is 0 Å². The largest absolute Gasteiger partial charge is 2.00 e. The molecular formula is C22H21Br2CuMgSi. The van der Waals surface area contributed by atoms with Crippen molar-refractivity contribution in [2.75, 3.05) is 0 Å². The van der Waals surface area contributed by atoms with Crippen LogP contribution in [0.5, 0.6) is 0 Å². The molecule has 0 bridgehead atoms. The van der Waals surface area contributed by atoms with Gasteiger partial charge in [-0.15, -0.1) is 0 Å². The monoisotopic (exact) mass is 558 g/mol. The molecule has 0 aliphatic heterocycles. The molecule has 0 atom stereocenters. The number of rotatable bonds is 5. The summed E-state index contributed by atoms with van der Waals surface area (Å²) in [5.41, 5.74) is 3.85. The summed E-state index contributed by atoms with van der Waals surface area (Å²) in [7, 11) is -2.25. The molecule has 0 nitrogen and oxygen atoms in total. The fraction of sp³-hybridized carbons (Fsp3) is 0.0909. The van der Waals surface area contributed by atoms with E-state index in [4.69, 9.17) is 0 Å². The molecule has 0 saturated heterocycles. The maximum absolute atomic E-state index is 3.85. The second-order valence-electron chi connectivity index (χ2n) is 5.60. The molecule has 0 amide bonds. The van der Waals surface area contributed by atoms with Gasteiger partial charge in [0.15, 0.2) is 0 Å². The van der Waals surface area contributed by atoms with Gasteiger partial charge in [0.25, 0.3) is 0 Å². The van der Waals surface area contributed by atoms with Crippen molar-refractivity contribution in [3.05, 3.63) is 103 Å².